The van der Waals surface area contributed by atoms with Crippen LogP contribution in [-0.4, -0.2) is 39.7 Å². The molecule has 0 radical (unpaired) electrons. The van der Waals surface area contributed by atoms with Crippen molar-refractivity contribution in [2.45, 2.75) is 18.0 Å². The third-order valence-electron chi connectivity index (χ3n) is 5.11. The largest absolute Gasteiger partial charge is 0.486 e. The van der Waals surface area contributed by atoms with Crippen molar-refractivity contribution in [1.29, 1.82) is 0 Å². The van der Waals surface area contributed by atoms with Crippen LogP contribution in [0.4, 0.5) is 8.78 Å². The van der Waals surface area contributed by atoms with E-state index in [1.54, 1.807) is 47.5 Å². The summed E-state index contributed by atoms with van der Waals surface area (Å²) in [5.74, 6) is -2.66. The molecule has 2 aromatic heterocycles. The molecule has 36 heavy (non-hydrogen) atoms. The molecule has 0 bridgehead atoms. The van der Waals surface area contributed by atoms with Gasteiger partial charge < -0.3 is 19.2 Å². The van der Waals surface area contributed by atoms with E-state index < -0.39 is 30.1 Å². The molecule has 4 rings (SSSR count). The Labute approximate surface area is 213 Å². The standard InChI is InChI=1S/C25H20F2N2O5S2/c1-35-23-9-21(27)20(26)8-19(23)15-2-4-17(5-3-15)33-12-18-6-7-22(34-18)25(32)29(11-24(30)31)10-16-13-36-14-28-16/h2-9,13-14H,10-12H2,1H3,(H,30,31). The van der Waals surface area contributed by atoms with Crippen LogP contribution in [0.15, 0.2) is 68.7 Å². The Balaban J connectivity index is 1.41. The minimum Gasteiger partial charge on any atom is -0.486 e. The first-order chi connectivity index (χ1) is 17.3. The molecule has 0 aliphatic carbocycles. The van der Waals surface area contributed by atoms with Crippen LogP contribution in [0.3, 0.4) is 0 Å². The highest BCUT2D eigenvalue weighted by Gasteiger charge is 2.23. The average molecular weight is 531 g/mol. The molecule has 0 spiro atoms. The minimum absolute atomic E-state index is 0.0108. The van der Waals surface area contributed by atoms with Crippen LogP contribution >= 0.6 is 23.1 Å². The zero-order chi connectivity index (χ0) is 25.7. The van der Waals surface area contributed by atoms with Crippen molar-refractivity contribution in [3.8, 4) is 16.9 Å². The van der Waals surface area contributed by atoms with Gasteiger partial charge in [-0.2, -0.15) is 0 Å². The van der Waals surface area contributed by atoms with Crippen LogP contribution in [-0.2, 0) is 17.9 Å². The van der Waals surface area contributed by atoms with Crippen LogP contribution < -0.4 is 4.74 Å². The van der Waals surface area contributed by atoms with Crippen molar-refractivity contribution in [3.63, 3.8) is 0 Å². The Hall–Kier alpha value is -3.70. The van der Waals surface area contributed by atoms with E-state index in [9.17, 15) is 23.5 Å². The summed E-state index contributed by atoms with van der Waals surface area (Å²) in [5, 5.41) is 10.9. The first-order valence-corrected chi connectivity index (χ1v) is 12.7. The van der Waals surface area contributed by atoms with Gasteiger partial charge in [0.25, 0.3) is 5.91 Å². The zero-order valence-electron chi connectivity index (χ0n) is 18.9. The van der Waals surface area contributed by atoms with Gasteiger partial charge in [0, 0.05) is 10.3 Å². The number of benzene rings is 2. The third kappa shape index (κ3) is 6.10. The van der Waals surface area contributed by atoms with Gasteiger partial charge in [-0.25, -0.2) is 13.8 Å². The summed E-state index contributed by atoms with van der Waals surface area (Å²) < 4.78 is 38.6. The number of rotatable bonds is 10. The summed E-state index contributed by atoms with van der Waals surface area (Å²) in [6.07, 6.45) is 1.79. The number of amides is 1. The van der Waals surface area contributed by atoms with Gasteiger partial charge in [0.1, 0.15) is 24.7 Å². The van der Waals surface area contributed by atoms with Gasteiger partial charge in [-0.3, -0.25) is 9.59 Å². The summed E-state index contributed by atoms with van der Waals surface area (Å²) >= 11 is 2.67. The first-order valence-electron chi connectivity index (χ1n) is 10.6. The number of furan rings is 1. The summed E-state index contributed by atoms with van der Waals surface area (Å²) in [4.78, 5) is 29.9. The molecular formula is C25H20F2N2O5S2. The lowest BCUT2D eigenvalue weighted by atomic mass is 10.1. The fourth-order valence-corrected chi connectivity index (χ4v) is 4.58. The van der Waals surface area contributed by atoms with Crippen LogP contribution in [0.25, 0.3) is 11.1 Å². The monoisotopic (exact) mass is 530 g/mol. The molecule has 1 N–H and O–H groups in total. The van der Waals surface area contributed by atoms with E-state index in [1.807, 2.05) is 0 Å². The lowest BCUT2D eigenvalue weighted by molar-refractivity contribution is -0.137. The first kappa shape index (κ1) is 25.4. The Kier molecular flexibility index (Phi) is 8.01. The Bertz CT molecular complexity index is 1360. The maximum Gasteiger partial charge on any atom is 0.323 e. The molecule has 0 saturated carbocycles. The van der Waals surface area contributed by atoms with Crippen molar-refractivity contribution in [2.75, 3.05) is 12.8 Å². The van der Waals surface area contributed by atoms with Crippen LogP contribution in [0, 0.1) is 11.6 Å². The highest BCUT2D eigenvalue weighted by molar-refractivity contribution is 7.98. The molecule has 2 heterocycles. The fourth-order valence-electron chi connectivity index (χ4n) is 3.41. The number of ether oxygens (including phenoxy) is 1. The maximum atomic E-state index is 13.8. The van der Waals surface area contributed by atoms with Crippen molar-refractivity contribution in [2.24, 2.45) is 0 Å². The highest BCUT2D eigenvalue weighted by atomic mass is 32.2. The Morgan fingerprint density at radius 3 is 2.56 bits per heavy atom. The van der Waals surface area contributed by atoms with Gasteiger partial charge in [-0.15, -0.1) is 23.1 Å². The van der Waals surface area contributed by atoms with Gasteiger partial charge in [-0.1, -0.05) is 12.1 Å². The van der Waals surface area contributed by atoms with E-state index in [4.69, 9.17) is 9.15 Å². The number of hydrogen-bond acceptors (Lipinski definition) is 7. The molecule has 1 amide bonds. The third-order valence-corrected chi connectivity index (χ3v) is 6.52. The Morgan fingerprint density at radius 2 is 1.89 bits per heavy atom. The highest BCUT2D eigenvalue weighted by Crippen LogP contribution is 2.33. The predicted octanol–water partition coefficient (Wildman–Crippen LogP) is 5.71. The number of aromatic nitrogens is 1. The van der Waals surface area contributed by atoms with Crippen LogP contribution in [0.1, 0.15) is 22.0 Å². The summed E-state index contributed by atoms with van der Waals surface area (Å²) in [7, 11) is 0. The molecule has 2 aromatic carbocycles. The molecule has 0 unspecified atom stereocenters. The molecule has 0 aliphatic heterocycles. The summed E-state index contributed by atoms with van der Waals surface area (Å²) in [5.41, 5.74) is 3.47. The van der Waals surface area contributed by atoms with Crippen molar-refractivity contribution < 1.29 is 32.6 Å². The van der Waals surface area contributed by atoms with Gasteiger partial charge >= 0.3 is 5.97 Å². The minimum atomic E-state index is -1.15. The topological polar surface area (TPSA) is 92.9 Å². The molecule has 0 fully saturated rings. The average Bonchev–Trinajstić information content (AvgIpc) is 3.56. The zero-order valence-corrected chi connectivity index (χ0v) is 20.6. The smallest absolute Gasteiger partial charge is 0.323 e. The number of hydrogen-bond donors (Lipinski definition) is 1. The number of nitrogens with zero attached hydrogens (tertiary/aromatic N) is 2. The molecule has 0 aliphatic rings. The molecule has 0 saturated heterocycles. The molecular weight excluding hydrogens is 510 g/mol. The van der Waals surface area contributed by atoms with E-state index in [2.05, 4.69) is 4.98 Å². The molecule has 7 nitrogen and oxygen atoms in total. The van der Waals surface area contributed by atoms with Gasteiger partial charge in [0.15, 0.2) is 17.4 Å². The predicted molar refractivity (Wildman–Crippen MR) is 131 cm³/mol. The van der Waals surface area contributed by atoms with E-state index >= 15 is 0 Å². The van der Waals surface area contributed by atoms with Gasteiger partial charge in [0.05, 0.1) is 17.7 Å². The molecule has 11 heteroatoms. The number of aliphatic carboxylic acids is 1. The van der Waals surface area contributed by atoms with Crippen LogP contribution in [0.5, 0.6) is 5.75 Å². The van der Waals surface area contributed by atoms with E-state index in [1.165, 1.54) is 41.3 Å². The fraction of sp³-hybridized carbons (Fsp3) is 0.160. The number of halogens is 2. The van der Waals surface area contributed by atoms with Crippen molar-refractivity contribution >= 4 is 35.0 Å². The SMILES string of the molecule is CSc1cc(F)c(F)cc1-c1ccc(OCc2ccc(C(=O)N(CC(=O)O)Cc3cscn3)o2)cc1. The number of carboxylic acid groups (broad SMARTS) is 1. The number of carbonyl (C=O) groups excluding carboxylic acids is 1. The number of thiazole rings is 1. The molecule has 4 aromatic rings. The van der Waals surface area contributed by atoms with E-state index in [0.717, 1.165) is 4.90 Å². The Morgan fingerprint density at radius 1 is 1.14 bits per heavy atom. The normalized spacial score (nSPS) is 10.9. The van der Waals surface area contributed by atoms with E-state index in [0.29, 0.717) is 33.2 Å². The van der Waals surface area contributed by atoms with Crippen molar-refractivity contribution in [1.82, 2.24) is 9.88 Å². The number of thioether (sulfide) groups is 1. The molecule has 0 atom stereocenters. The summed E-state index contributed by atoms with van der Waals surface area (Å²) in [6.45, 7) is -0.423. The summed E-state index contributed by atoms with van der Waals surface area (Å²) in [6, 6.07) is 12.2. The van der Waals surface area contributed by atoms with E-state index in [-0.39, 0.29) is 18.9 Å². The quantitative estimate of drug-likeness (QED) is 0.263. The van der Waals surface area contributed by atoms with Gasteiger partial charge in [-0.05, 0) is 53.8 Å². The number of carbonyl (C=O) groups is 2. The van der Waals surface area contributed by atoms with Crippen LogP contribution in [0.2, 0.25) is 0 Å². The lowest BCUT2D eigenvalue weighted by Crippen LogP contribution is -2.35. The second kappa shape index (κ2) is 11.4. The lowest BCUT2D eigenvalue weighted by Gasteiger charge is -2.18. The molecule has 186 valence electrons. The second-order valence-electron chi connectivity index (χ2n) is 7.58. The number of carboxylic acids is 1. The second-order valence-corrected chi connectivity index (χ2v) is 9.15. The van der Waals surface area contributed by atoms with Crippen molar-refractivity contribution in [3.05, 3.63) is 88.3 Å². The maximum absolute atomic E-state index is 13.8. The van der Waals surface area contributed by atoms with Gasteiger partial charge in [0.2, 0.25) is 0 Å².